The maximum absolute atomic E-state index is 10.3. The molecule has 0 bridgehead atoms. The SMILES string of the molecule is OC(CN1CCC(N2CCCCC2)CC1)c1ccccc1. The summed E-state index contributed by atoms with van der Waals surface area (Å²) in [5.41, 5.74) is 1.04. The van der Waals surface area contributed by atoms with Crippen LogP contribution in [-0.2, 0) is 0 Å². The Morgan fingerprint density at radius 3 is 2.29 bits per heavy atom. The molecular formula is C18H28N2O. The highest BCUT2D eigenvalue weighted by molar-refractivity contribution is 5.17. The topological polar surface area (TPSA) is 26.7 Å². The van der Waals surface area contributed by atoms with Crippen molar-refractivity contribution in [1.29, 1.82) is 0 Å². The Morgan fingerprint density at radius 1 is 0.952 bits per heavy atom. The van der Waals surface area contributed by atoms with Crippen LogP contribution in [0.25, 0.3) is 0 Å². The van der Waals surface area contributed by atoms with Crippen molar-refractivity contribution in [2.75, 3.05) is 32.7 Å². The number of hydrogen-bond acceptors (Lipinski definition) is 3. The minimum Gasteiger partial charge on any atom is -0.387 e. The highest BCUT2D eigenvalue weighted by atomic mass is 16.3. The number of β-amino-alcohol motifs (C(OH)–C–C–N with tert-alkyl or cyclic N) is 1. The maximum atomic E-state index is 10.3. The molecule has 2 fully saturated rings. The van der Waals surface area contributed by atoms with Gasteiger partial charge in [0.25, 0.3) is 0 Å². The maximum Gasteiger partial charge on any atom is 0.0916 e. The molecule has 116 valence electrons. The Hall–Kier alpha value is -0.900. The van der Waals surface area contributed by atoms with Crippen molar-refractivity contribution in [2.24, 2.45) is 0 Å². The number of aliphatic hydroxyl groups excluding tert-OH is 1. The average Bonchev–Trinajstić information content (AvgIpc) is 2.57. The second-order valence-corrected chi connectivity index (χ2v) is 6.55. The van der Waals surface area contributed by atoms with Gasteiger partial charge in [0, 0.05) is 12.6 Å². The predicted octanol–water partition coefficient (Wildman–Crippen LogP) is 2.67. The molecule has 0 spiro atoms. The predicted molar refractivity (Wildman–Crippen MR) is 86.3 cm³/mol. The fraction of sp³-hybridized carbons (Fsp3) is 0.667. The minimum atomic E-state index is -0.349. The Morgan fingerprint density at radius 2 is 1.62 bits per heavy atom. The molecule has 0 saturated carbocycles. The van der Waals surface area contributed by atoms with Crippen LogP contribution in [0, 0.1) is 0 Å². The molecule has 1 unspecified atom stereocenters. The van der Waals surface area contributed by atoms with Gasteiger partial charge in [0.2, 0.25) is 0 Å². The Kier molecular flexibility index (Phi) is 5.28. The van der Waals surface area contributed by atoms with Crippen molar-refractivity contribution in [3.05, 3.63) is 35.9 Å². The van der Waals surface area contributed by atoms with E-state index in [1.54, 1.807) is 0 Å². The fourth-order valence-corrected chi connectivity index (χ4v) is 3.78. The van der Waals surface area contributed by atoms with Crippen molar-refractivity contribution in [2.45, 2.75) is 44.2 Å². The van der Waals surface area contributed by atoms with Gasteiger partial charge in [-0.1, -0.05) is 36.8 Å². The summed E-state index contributed by atoms with van der Waals surface area (Å²) < 4.78 is 0. The molecule has 0 radical (unpaired) electrons. The summed E-state index contributed by atoms with van der Waals surface area (Å²) in [5, 5.41) is 10.3. The molecule has 2 saturated heterocycles. The van der Waals surface area contributed by atoms with Gasteiger partial charge < -0.3 is 14.9 Å². The Labute approximate surface area is 128 Å². The summed E-state index contributed by atoms with van der Waals surface area (Å²) in [6.45, 7) is 5.64. The van der Waals surface area contributed by atoms with Crippen molar-refractivity contribution in [1.82, 2.24) is 9.80 Å². The van der Waals surface area contributed by atoms with E-state index in [9.17, 15) is 5.11 Å². The van der Waals surface area contributed by atoms with E-state index in [0.29, 0.717) is 0 Å². The van der Waals surface area contributed by atoms with Gasteiger partial charge in [0.15, 0.2) is 0 Å². The number of nitrogens with zero attached hydrogens (tertiary/aromatic N) is 2. The highest BCUT2D eigenvalue weighted by Crippen LogP contribution is 2.22. The first-order chi connectivity index (χ1) is 10.3. The number of hydrogen-bond donors (Lipinski definition) is 1. The molecule has 21 heavy (non-hydrogen) atoms. The van der Waals surface area contributed by atoms with Gasteiger partial charge in [0.05, 0.1) is 6.10 Å². The third kappa shape index (κ3) is 4.06. The molecule has 3 heteroatoms. The number of piperidine rings is 2. The standard InChI is InChI=1S/C18H28N2O/c21-18(16-7-3-1-4-8-16)15-19-13-9-17(10-14-19)20-11-5-2-6-12-20/h1,3-4,7-8,17-18,21H,2,5-6,9-15H2. The van der Waals surface area contributed by atoms with Gasteiger partial charge in [-0.2, -0.15) is 0 Å². The van der Waals surface area contributed by atoms with E-state index in [2.05, 4.69) is 9.80 Å². The van der Waals surface area contributed by atoms with Crippen LogP contribution in [0.15, 0.2) is 30.3 Å². The average molecular weight is 288 g/mol. The molecule has 1 aromatic rings. The molecule has 0 aromatic heterocycles. The zero-order valence-corrected chi connectivity index (χ0v) is 13.0. The van der Waals surface area contributed by atoms with Gasteiger partial charge in [-0.3, -0.25) is 0 Å². The lowest BCUT2D eigenvalue weighted by molar-refractivity contribution is 0.0601. The third-order valence-electron chi connectivity index (χ3n) is 5.08. The number of likely N-dealkylation sites (tertiary alicyclic amines) is 2. The molecule has 1 atom stereocenters. The zero-order chi connectivity index (χ0) is 14.5. The van der Waals surface area contributed by atoms with Crippen LogP contribution in [0.2, 0.25) is 0 Å². The molecule has 1 N–H and O–H groups in total. The molecule has 3 nitrogen and oxygen atoms in total. The van der Waals surface area contributed by atoms with Crippen LogP contribution >= 0.6 is 0 Å². The van der Waals surface area contributed by atoms with E-state index in [0.717, 1.165) is 31.2 Å². The highest BCUT2D eigenvalue weighted by Gasteiger charge is 2.26. The second-order valence-electron chi connectivity index (χ2n) is 6.55. The summed E-state index contributed by atoms with van der Waals surface area (Å²) >= 11 is 0. The van der Waals surface area contributed by atoms with Crippen LogP contribution < -0.4 is 0 Å². The van der Waals surface area contributed by atoms with Crippen LogP contribution in [0.4, 0.5) is 0 Å². The lowest BCUT2D eigenvalue weighted by Gasteiger charge is -2.40. The number of rotatable bonds is 4. The van der Waals surface area contributed by atoms with Gasteiger partial charge in [-0.25, -0.2) is 0 Å². The van der Waals surface area contributed by atoms with E-state index in [1.165, 1.54) is 45.2 Å². The van der Waals surface area contributed by atoms with Crippen LogP contribution in [0.5, 0.6) is 0 Å². The molecule has 2 aliphatic heterocycles. The zero-order valence-electron chi connectivity index (χ0n) is 13.0. The third-order valence-corrected chi connectivity index (χ3v) is 5.08. The first-order valence-electron chi connectivity index (χ1n) is 8.52. The van der Waals surface area contributed by atoms with E-state index in [-0.39, 0.29) is 6.10 Å². The number of benzene rings is 1. The van der Waals surface area contributed by atoms with Gasteiger partial charge in [0.1, 0.15) is 0 Å². The van der Waals surface area contributed by atoms with Crippen LogP contribution in [-0.4, -0.2) is 53.7 Å². The Bertz CT molecular complexity index is 408. The molecular weight excluding hydrogens is 260 g/mol. The van der Waals surface area contributed by atoms with Gasteiger partial charge >= 0.3 is 0 Å². The van der Waals surface area contributed by atoms with Gasteiger partial charge in [-0.15, -0.1) is 0 Å². The molecule has 3 rings (SSSR count). The van der Waals surface area contributed by atoms with E-state index in [1.807, 2.05) is 30.3 Å². The largest absolute Gasteiger partial charge is 0.387 e. The minimum absolute atomic E-state index is 0.349. The first kappa shape index (κ1) is 15.0. The normalized spacial score (nSPS) is 24.0. The Balaban J connectivity index is 1.45. The first-order valence-corrected chi connectivity index (χ1v) is 8.52. The van der Waals surface area contributed by atoms with Crippen molar-refractivity contribution < 1.29 is 5.11 Å². The lowest BCUT2D eigenvalue weighted by Crippen LogP contribution is -2.47. The summed E-state index contributed by atoms with van der Waals surface area (Å²) in [6, 6.07) is 10.8. The lowest BCUT2D eigenvalue weighted by atomic mass is 9.99. The summed E-state index contributed by atoms with van der Waals surface area (Å²) in [6.07, 6.45) is 6.36. The van der Waals surface area contributed by atoms with Crippen LogP contribution in [0.1, 0.15) is 43.8 Å². The van der Waals surface area contributed by atoms with Crippen molar-refractivity contribution in [3.8, 4) is 0 Å². The van der Waals surface area contributed by atoms with Gasteiger partial charge in [-0.05, 0) is 57.4 Å². The van der Waals surface area contributed by atoms with E-state index >= 15 is 0 Å². The van der Waals surface area contributed by atoms with E-state index < -0.39 is 0 Å². The molecule has 0 amide bonds. The molecule has 2 heterocycles. The van der Waals surface area contributed by atoms with Crippen LogP contribution in [0.3, 0.4) is 0 Å². The second kappa shape index (κ2) is 7.39. The molecule has 0 aliphatic carbocycles. The molecule has 1 aromatic carbocycles. The monoisotopic (exact) mass is 288 g/mol. The summed E-state index contributed by atoms with van der Waals surface area (Å²) in [5.74, 6) is 0. The summed E-state index contributed by atoms with van der Waals surface area (Å²) in [7, 11) is 0. The summed E-state index contributed by atoms with van der Waals surface area (Å²) in [4.78, 5) is 5.13. The number of aliphatic hydroxyl groups is 1. The van der Waals surface area contributed by atoms with Crippen molar-refractivity contribution in [3.63, 3.8) is 0 Å². The smallest absolute Gasteiger partial charge is 0.0916 e. The molecule has 2 aliphatic rings. The fourth-order valence-electron chi connectivity index (χ4n) is 3.78. The van der Waals surface area contributed by atoms with E-state index in [4.69, 9.17) is 0 Å². The quantitative estimate of drug-likeness (QED) is 0.923. The van der Waals surface area contributed by atoms with Crippen molar-refractivity contribution >= 4 is 0 Å².